The Balaban J connectivity index is 2.45. The van der Waals surface area contributed by atoms with E-state index in [0.29, 0.717) is 17.7 Å². The molecule has 0 radical (unpaired) electrons. The fourth-order valence-corrected chi connectivity index (χ4v) is 1.45. The molecule has 0 aliphatic heterocycles. The van der Waals surface area contributed by atoms with E-state index in [2.05, 4.69) is 20.6 Å². The van der Waals surface area contributed by atoms with Gasteiger partial charge in [0.15, 0.2) is 5.11 Å². The summed E-state index contributed by atoms with van der Waals surface area (Å²) in [6, 6.07) is 1.98. The van der Waals surface area contributed by atoms with E-state index >= 15 is 0 Å². The zero-order valence-electron chi connectivity index (χ0n) is 9.65. The van der Waals surface area contributed by atoms with E-state index in [1.807, 2.05) is 19.9 Å². The van der Waals surface area contributed by atoms with E-state index in [-0.39, 0.29) is 6.04 Å². The number of hydrogen-bond donors (Lipinski definition) is 2. The minimum Gasteiger partial charge on any atom is -0.383 e. The van der Waals surface area contributed by atoms with Crippen LogP contribution in [0.5, 0.6) is 0 Å². The highest BCUT2D eigenvalue weighted by Gasteiger charge is 2.04. The Bertz CT molecular complexity index is 358. The first-order valence-electron chi connectivity index (χ1n) is 4.98. The Kier molecular flexibility index (Phi) is 5.07. The monoisotopic (exact) mass is 240 g/mol. The van der Waals surface area contributed by atoms with Crippen LogP contribution in [-0.4, -0.2) is 34.8 Å². The van der Waals surface area contributed by atoms with Gasteiger partial charge in [-0.15, -0.1) is 0 Å². The average molecular weight is 240 g/mol. The highest BCUT2D eigenvalue weighted by molar-refractivity contribution is 7.80. The van der Waals surface area contributed by atoms with E-state index in [0.717, 1.165) is 5.69 Å². The van der Waals surface area contributed by atoms with Crippen molar-refractivity contribution in [1.29, 1.82) is 0 Å². The number of thiocarbonyl (C=S) groups is 1. The number of aromatic nitrogens is 2. The molecule has 88 valence electrons. The number of aryl methyl sites for hydroxylation is 1. The molecule has 0 saturated carbocycles. The molecule has 0 spiro atoms. The van der Waals surface area contributed by atoms with Crippen molar-refractivity contribution in [2.75, 3.05) is 19.0 Å². The molecule has 1 atom stereocenters. The van der Waals surface area contributed by atoms with Crippen LogP contribution in [0, 0.1) is 6.92 Å². The Hall–Kier alpha value is -1.27. The van der Waals surface area contributed by atoms with Gasteiger partial charge in [-0.2, -0.15) is 0 Å². The van der Waals surface area contributed by atoms with Crippen molar-refractivity contribution >= 4 is 23.3 Å². The van der Waals surface area contributed by atoms with Crippen LogP contribution in [-0.2, 0) is 4.74 Å². The predicted molar refractivity (Wildman–Crippen MR) is 67.5 cm³/mol. The van der Waals surface area contributed by atoms with Gasteiger partial charge in [0.25, 0.3) is 0 Å². The molecule has 0 aromatic carbocycles. The van der Waals surface area contributed by atoms with Crippen molar-refractivity contribution in [3.8, 4) is 0 Å². The first-order valence-corrected chi connectivity index (χ1v) is 5.38. The van der Waals surface area contributed by atoms with Gasteiger partial charge < -0.3 is 15.4 Å². The predicted octanol–water partition coefficient (Wildman–Crippen LogP) is 1.11. The first kappa shape index (κ1) is 12.8. The van der Waals surface area contributed by atoms with E-state index in [1.165, 1.54) is 0 Å². The summed E-state index contributed by atoms with van der Waals surface area (Å²) in [7, 11) is 1.65. The Labute approximate surface area is 101 Å². The molecule has 0 aliphatic carbocycles. The lowest BCUT2D eigenvalue weighted by molar-refractivity contribution is 0.179. The van der Waals surface area contributed by atoms with Gasteiger partial charge in [0.05, 0.1) is 6.61 Å². The number of methoxy groups -OCH3 is 1. The molecule has 0 aliphatic rings. The van der Waals surface area contributed by atoms with Crippen LogP contribution in [0.15, 0.2) is 12.3 Å². The molecular weight excluding hydrogens is 224 g/mol. The van der Waals surface area contributed by atoms with Crippen LogP contribution in [0.3, 0.4) is 0 Å². The standard InChI is InChI=1S/C10H16N4OS/c1-7-4-5-11-9(12-7)14-10(16)13-8(2)6-15-3/h4-5,8H,6H2,1-3H3,(H2,11,12,13,14,16)/t8-/m0/s1. The molecule has 1 aromatic heterocycles. The maximum atomic E-state index is 5.11. The summed E-state index contributed by atoms with van der Waals surface area (Å²) in [5.74, 6) is 0.502. The number of ether oxygens (including phenoxy) is 1. The van der Waals surface area contributed by atoms with Crippen molar-refractivity contribution in [1.82, 2.24) is 15.3 Å². The second-order valence-electron chi connectivity index (χ2n) is 3.48. The average Bonchev–Trinajstić information content (AvgIpc) is 2.17. The van der Waals surface area contributed by atoms with Gasteiger partial charge in [0, 0.05) is 25.0 Å². The largest absolute Gasteiger partial charge is 0.383 e. The van der Waals surface area contributed by atoms with Crippen molar-refractivity contribution in [3.63, 3.8) is 0 Å². The van der Waals surface area contributed by atoms with Crippen LogP contribution in [0.2, 0.25) is 0 Å². The molecule has 0 bridgehead atoms. The molecule has 0 saturated heterocycles. The second kappa shape index (κ2) is 6.34. The van der Waals surface area contributed by atoms with Crippen LogP contribution in [0.4, 0.5) is 5.95 Å². The van der Waals surface area contributed by atoms with Crippen molar-refractivity contribution in [3.05, 3.63) is 18.0 Å². The van der Waals surface area contributed by atoms with Gasteiger partial charge in [0.1, 0.15) is 0 Å². The molecule has 1 aromatic rings. The van der Waals surface area contributed by atoms with E-state index in [1.54, 1.807) is 13.3 Å². The summed E-state index contributed by atoms with van der Waals surface area (Å²) in [5.41, 5.74) is 0.894. The summed E-state index contributed by atoms with van der Waals surface area (Å²) >= 11 is 5.11. The lowest BCUT2D eigenvalue weighted by Crippen LogP contribution is -2.38. The number of nitrogens with zero attached hydrogens (tertiary/aromatic N) is 2. The Morgan fingerprint density at radius 3 is 3.00 bits per heavy atom. The molecule has 0 amide bonds. The van der Waals surface area contributed by atoms with Gasteiger partial charge in [0.2, 0.25) is 5.95 Å². The third kappa shape index (κ3) is 4.50. The highest BCUT2D eigenvalue weighted by Crippen LogP contribution is 1.98. The lowest BCUT2D eigenvalue weighted by Gasteiger charge is -2.15. The molecule has 5 nitrogen and oxygen atoms in total. The maximum Gasteiger partial charge on any atom is 0.229 e. The zero-order valence-corrected chi connectivity index (χ0v) is 10.5. The minimum absolute atomic E-state index is 0.148. The normalized spacial score (nSPS) is 11.9. The van der Waals surface area contributed by atoms with Gasteiger partial charge in [-0.3, -0.25) is 0 Å². The third-order valence-electron chi connectivity index (χ3n) is 1.81. The van der Waals surface area contributed by atoms with Gasteiger partial charge >= 0.3 is 0 Å². The minimum atomic E-state index is 0.148. The maximum absolute atomic E-state index is 5.11. The number of hydrogen-bond acceptors (Lipinski definition) is 4. The highest BCUT2D eigenvalue weighted by atomic mass is 32.1. The quantitative estimate of drug-likeness (QED) is 0.769. The number of anilines is 1. The SMILES string of the molecule is COC[C@H](C)NC(=S)Nc1nccc(C)n1. The van der Waals surface area contributed by atoms with Crippen LogP contribution >= 0.6 is 12.2 Å². The van der Waals surface area contributed by atoms with Gasteiger partial charge in [-0.25, -0.2) is 9.97 Å². The Morgan fingerprint density at radius 2 is 2.38 bits per heavy atom. The molecule has 6 heteroatoms. The molecule has 2 N–H and O–H groups in total. The summed E-state index contributed by atoms with van der Waals surface area (Å²) in [6.45, 7) is 4.47. The molecule has 16 heavy (non-hydrogen) atoms. The Morgan fingerprint density at radius 1 is 1.62 bits per heavy atom. The first-order chi connectivity index (χ1) is 7.61. The molecule has 0 unspecified atom stereocenters. The van der Waals surface area contributed by atoms with Crippen LogP contribution in [0.1, 0.15) is 12.6 Å². The number of nitrogens with one attached hydrogen (secondary N) is 2. The van der Waals surface area contributed by atoms with Gasteiger partial charge in [-0.05, 0) is 32.1 Å². The fraction of sp³-hybridized carbons (Fsp3) is 0.500. The fourth-order valence-electron chi connectivity index (χ4n) is 1.16. The second-order valence-corrected chi connectivity index (χ2v) is 3.88. The van der Waals surface area contributed by atoms with Gasteiger partial charge in [-0.1, -0.05) is 0 Å². The smallest absolute Gasteiger partial charge is 0.229 e. The molecule has 1 heterocycles. The number of rotatable bonds is 4. The van der Waals surface area contributed by atoms with Crippen molar-refractivity contribution in [2.24, 2.45) is 0 Å². The van der Waals surface area contributed by atoms with Crippen LogP contribution in [0.25, 0.3) is 0 Å². The third-order valence-corrected chi connectivity index (χ3v) is 2.03. The molecule has 0 fully saturated rings. The zero-order chi connectivity index (χ0) is 12.0. The van der Waals surface area contributed by atoms with E-state index in [4.69, 9.17) is 17.0 Å². The van der Waals surface area contributed by atoms with Crippen molar-refractivity contribution < 1.29 is 4.74 Å². The summed E-state index contributed by atoms with van der Waals surface area (Å²) < 4.78 is 4.99. The molecular formula is C10H16N4OS. The van der Waals surface area contributed by atoms with Crippen molar-refractivity contribution in [2.45, 2.75) is 19.9 Å². The topological polar surface area (TPSA) is 59.1 Å². The van der Waals surface area contributed by atoms with E-state index in [9.17, 15) is 0 Å². The summed E-state index contributed by atoms with van der Waals surface area (Å²) in [5, 5.41) is 6.47. The summed E-state index contributed by atoms with van der Waals surface area (Å²) in [4.78, 5) is 8.24. The lowest BCUT2D eigenvalue weighted by atomic mass is 10.4. The van der Waals surface area contributed by atoms with Crippen LogP contribution < -0.4 is 10.6 Å². The molecule has 1 rings (SSSR count). The summed E-state index contributed by atoms with van der Waals surface area (Å²) in [6.07, 6.45) is 1.69. The van der Waals surface area contributed by atoms with E-state index < -0.39 is 0 Å².